The highest BCUT2D eigenvalue weighted by Crippen LogP contribution is 2.51. The number of allylic oxidation sites excluding steroid dienone is 4. The van der Waals surface area contributed by atoms with E-state index in [9.17, 15) is 8.42 Å². The van der Waals surface area contributed by atoms with Crippen LogP contribution in [-0.4, -0.2) is 13.4 Å². The third kappa shape index (κ3) is 3.05. The van der Waals surface area contributed by atoms with Crippen LogP contribution < -0.4 is 5.14 Å². The number of nitrogens with zero attached hydrogens (tertiary/aromatic N) is 1. The van der Waals surface area contributed by atoms with Gasteiger partial charge in [-0.15, -0.1) is 0 Å². The number of hydrogen-bond donors (Lipinski definition) is 1. The predicted molar refractivity (Wildman–Crippen MR) is 98.9 cm³/mol. The number of rotatable bonds is 3. The standard InChI is InChI=1S/C20H20N2O2S/c21-25(23,24)17-5-3-15(4-6-17)18-13-20(9-1-2-10-20)14-19(18)16-7-11-22-12-8-16/h3-8,11-14H,1-2,9-10H2,(H2,21,23,24). The smallest absolute Gasteiger partial charge is 0.238 e. The summed E-state index contributed by atoms with van der Waals surface area (Å²) < 4.78 is 23.0. The molecule has 128 valence electrons. The van der Waals surface area contributed by atoms with Gasteiger partial charge in [0.15, 0.2) is 0 Å². The highest BCUT2D eigenvalue weighted by atomic mass is 32.2. The topological polar surface area (TPSA) is 73.1 Å². The van der Waals surface area contributed by atoms with E-state index in [2.05, 4.69) is 17.1 Å². The van der Waals surface area contributed by atoms with Crippen molar-refractivity contribution in [2.75, 3.05) is 0 Å². The van der Waals surface area contributed by atoms with Gasteiger partial charge < -0.3 is 0 Å². The summed E-state index contributed by atoms with van der Waals surface area (Å²) in [7, 11) is -3.67. The zero-order valence-corrected chi connectivity index (χ0v) is 14.7. The summed E-state index contributed by atoms with van der Waals surface area (Å²) in [4.78, 5) is 4.25. The van der Waals surface area contributed by atoms with Crippen LogP contribution in [0.1, 0.15) is 36.8 Å². The number of benzene rings is 1. The number of primary sulfonamides is 1. The maximum Gasteiger partial charge on any atom is 0.238 e. The highest BCUT2D eigenvalue weighted by molar-refractivity contribution is 7.89. The molecule has 0 aliphatic heterocycles. The van der Waals surface area contributed by atoms with Crippen LogP contribution >= 0.6 is 0 Å². The van der Waals surface area contributed by atoms with Crippen LogP contribution in [0.3, 0.4) is 0 Å². The average molecular weight is 352 g/mol. The van der Waals surface area contributed by atoms with Crippen molar-refractivity contribution in [1.82, 2.24) is 4.98 Å². The summed E-state index contributed by atoms with van der Waals surface area (Å²) in [6.07, 6.45) is 13.2. The molecule has 5 heteroatoms. The lowest BCUT2D eigenvalue weighted by Crippen LogP contribution is -2.11. The Morgan fingerprint density at radius 2 is 1.36 bits per heavy atom. The van der Waals surface area contributed by atoms with Gasteiger partial charge in [0, 0.05) is 17.8 Å². The van der Waals surface area contributed by atoms with Crippen molar-refractivity contribution < 1.29 is 8.42 Å². The molecule has 1 saturated carbocycles. The van der Waals surface area contributed by atoms with E-state index in [0.717, 1.165) is 16.7 Å². The van der Waals surface area contributed by atoms with Crippen LogP contribution in [-0.2, 0) is 10.0 Å². The van der Waals surface area contributed by atoms with Gasteiger partial charge in [0.2, 0.25) is 10.0 Å². The number of pyridine rings is 1. The quantitative estimate of drug-likeness (QED) is 0.914. The van der Waals surface area contributed by atoms with Gasteiger partial charge in [-0.3, -0.25) is 4.98 Å². The van der Waals surface area contributed by atoms with E-state index >= 15 is 0 Å². The van der Waals surface area contributed by atoms with Crippen molar-refractivity contribution in [2.24, 2.45) is 10.6 Å². The molecule has 2 aliphatic rings. The highest BCUT2D eigenvalue weighted by Gasteiger charge is 2.35. The Morgan fingerprint density at radius 3 is 1.88 bits per heavy atom. The summed E-state index contributed by atoms with van der Waals surface area (Å²) in [5.74, 6) is 0. The van der Waals surface area contributed by atoms with E-state index in [1.807, 2.05) is 24.3 Å². The third-order valence-electron chi connectivity index (χ3n) is 5.17. The van der Waals surface area contributed by atoms with E-state index in [4.69, 9.17) is 5.14 Å². The minimum Gasteiger partial charge on any atom is -0.265 e. The first kappa shape index (κ1) is 16.2. The van der Waals surface area contributed by atoms with Gasteiger partial charge in [0.25, 0.3) is 0 Å². The molecule has 1 heterocycles. The largest absolute Gasteiger partial charge is 0.265 e. The molecule has 0 bridgehead atoms. The van der Waals surface area contributed by atoms with Crippen LogP contribution in [0.4, 0.5) is 0 Å². The summed E-state index contributed by atoms with van der Waals surface area (Å²) in [5.41, 5.74) is 4.65. The predicted octanol–water partition coefficient (Wildman–Crippen LogP) is 3.77. The fourth-order valence-corrected chi connectivity index (χ4v) is 4.44. The second-order valence-electron chi connectivity index (χ2n) is 6.86. The molecule has 2 aromatic rings. The molecule has 0 saturated heterocycles. The van der Waals surface area contributed by atoms with Crippen molar-refractivity contribution >= 4 is 21.2 Å². The van der Waals surface area contributed by atoms with Crippen molar-refractivity contribution in [3.63, 3.8) is 0 Å². The van der Waals surface area contributed by atoms with E-state index < -0.39 is 10.0 Å². The lowest BCUT2D eigenvalue weighted by molar-refractivity contribution is 0.523. The average Bonchev–Trinajstić information content (AvgIpc) is 3.23. The monoisotopic (exact) mass is 352 g/mol. The van der Waals surface area contributed by atoms with E-state index in [-0.39, 0.29) is 10.3 Å². The minimum absolute atomic E-state index is 0.131. The normalized spacial score (nSPS) is 19.1. The SMILES string of the molecule is NS(=O)(=O)c1ccc(C2=CC3(C=C2c2ccncc2)CCCC3)cc1. The molecule has 0 unspecified atom stereocenters. The summed E-state index contributed by atoms with van der Waals surface area (Å²) in [5, 5.41) is 5.21. The van der Waals surface area contributed by atoms with Gasteiger partial charge in [0.1, 0.15) is 0 Å². The summed E-state index contributed by atoms with van der Waals surface area (Å²) in [6, 6.07) is 10.9. The van der Waals surface area contributed by atoms with Crippen LogP contribution in [0, 0.1) is 5.41 Å². The van der Waals surface area contributed by atoms with Gasteiger partial charge in [0.05, 0.1) is 4.90 Å². The molecular formula is C20H20N2O2S. The van der Waals surface area contributed by atoms with E-state index in [1.54, 1.807) is 24.5 Å². The molecule has 4 rings (SSSR count). The summed E-state index contributed by atoms with van der Waals surface area (Å²) in [6.45, 7) is 0. The Hall–Kier alpha value is -2.24. The van der Waals surface area contributed by atoms with Gasteiger partial charge in [-0.25, -0.2) is 13.6 Å². The van der Waals surface area contributed by atoms with Gasteiger partial charge >= 0.3 is 0 Å². The van der Waals surface area contributed by atoms with E-state index in [0.29, 0.717) is 0 Å². The van der Waals surface area contributed by atoms with Crippen molar-refractivity contribution in [2.45, 2.75) is 30.6 Å². The Bertz CT molecular complexity index is 953. The molecule has 1 aromatic heterocycles. The van der Waals surface area contributed by atoms with Gasteiger partial charge in [-0.05, 0) is 59.4 Å². The molecule has 0 atom stereocenters. The lowest BCUT2D eigenvalue weighted by Gasteiger charge is -2.16. The van der Waals surface area contributed by atoms with Gasteiger partial charge in [-0.2, -0.15) is 0 Å². The Kier molecular flexibility index (Phi) is 3.85. The summed E-state index contributed by atoms with van der Waals surface area (Å²) >= 11 is 0. The number of aromatic nitrogens is 1. The zero-order valence-electron chi connectivity index (χ0n) is 13.9. The van der Waals surface area contributed by atoms with Crippen LogP contribution in [0.25, 0.3) is 11.1 Å². The van der Waals surface area contributed by atoms with E-state index in [1.165, 1.54) is 31.3 Å². The van der Waals surface area contributed by atoms with Crippen molar-refractivity contribution in [1.29, 1.82) is 0 Å². The lowest BCUT2D eigenvalue weighted by atomic mass is 9.88. The number of nitrogens with two attached hydrogens (primary N) is 1. The molecule has 0 amide bonds. The second kappa shape index (κ2) is 5.93. The Balaban J connectivity index is 1.80. The third-order valence-corrected chi connectivity index (χ3v) is 6.10. The first-order valence-electron chi connectivity index (χ1n) is 8.47. The fourth-order valence-electron chi connectivity index (χ4n) is 3.93. The Morgan fingerprint density at radius 1 is 0.840 bits per heavy atom. The molecular weight excluding hydrogens is 332 g/mol. The number of hydrogen-bond acceptors (Lipinski definition) is 3. The van der Waals surface area contributed by atoms with Gasteiger partial charge in [-0.1, -0.05) is 37.1 Å². The Labute approximate surface area is 148 Å². The van der Waals surface area contributed by atoms with Crippen molar-refractivity contribution in [3.05, 3.63) is 72.1 Å². The minimum atomic E-state index is -3.67. The molecule has 0 radical (unpaired) electrons. The fraction of sp³-hybridized carbons (Fsp3) is 0.250. The zero-order chi connectivity index (χ0) is 17.5. The molecule has 25 heavy (non-hydrogen) atoms. The van der Waals surface area contributed by atoms with Crippen LogP contribution in [0.2, 0.25) is 0 Å². The first-order valence-corrected chi connectivity index (χ1v) is 10.0. The maximum atomic E-state index is 11.5. The molecule has 1 spiro atoms. The van der Waals surface area contributed by atoms with Crippen molar-refractivity contribution in [3.8, 4) is 0 Å². The second-order valence-corrected chi connectivity index (χ2v) is 8.42. The molecule has 1 fully saturated rings. The molecule has 2 aliphatic carbocycles. The molecule has 4 nitrogen and oxygen atoms in total. The van der Waals surface area contributed by atoms with Crippen LogP contribution in [0.15, 0.2) is 65.8 Å². The van der Waals surface area contributed by atoms with Crippen LogP contribution in [0.5, 0.6) is 0 Å². The maximum absolute atomic E-state index is 11.5. The molecule has 2 N–H and O–H groups in total. The first-order chi connectivity index (χ1) is 12.0. The number of sulfonamides is 1. The molecule has 1 aromatic carbocycles.